The fraction of sp³-hybridized carbons (Fsp3) is 0.0612. The molecule has 1 aliphatic rings. The summed E-state index contributed by atoms with van der Waals surface area (Å²) in [6.07, 6.45) is 10.0. The molecule has 2 unspecified atom stereocenters. The number of hydrogen-bond donors (Lipinski definition) is 0. The van der Waals surface area contributed by atoms with E-state index < -0.39 is 35.9 Å². The van der Waals surface area contributed by atoms with Crippen molar-refractivity contribution in [2.45, 2.75) is 18.4 Å². The summed E-state index contributed by atoms with van der Waals surface area (Å²) >= 11 is 0. The fourth-order valence-electron chi connectivity index (χ4n) is 6.39. The van der Waals surface area contributed by atoms with E-state index in [0.29, 0.717) is 23.3 Å². The average molecular weight is 755 g/mol. The predicted octanol–water partition coefficient (Wildman–Crippen LogP) is 9.92. The van der Waals surface area contributed by atoms with E-state index in [4.69, 9.17) is 18.9 Å². The molecule has 2 atom stereocenters. The van der Waals surface area contributed by atoms with Gasteiger partial charge in [0.15, 0.2) is 0 Å². The second kappa shape index (κ2) is 18.2. The van der Waals surface area contributed by atoms with Gasteiger partial charge in [0.05, 0.1) is 0 Å². The Morgan fingerprint density at radius 1 is 0.544 bits per heavy atom. The van der Waals surface area contributed by atoms with E-state index in [9.17, 15) is 19.2 Å². The van der Waals surface area contributed by atoms with Crippen LogP contribution in [0.15, 0.2) is 184 Å². The molecule has 0 saturated heterocycles. The lowest BCUT2D eigenvalue weighted by molar-refractivity contribution is -0.140. The van der Waals surface area contributed by atoms with Crippen LogP contribution >= 0.6 is 0 Å². The molecular weight excluding hydrogens is 717 g/mol. The maximum atomic E-state index is 12.8. The van der Waals surface area contributed by atoms with Gasteiger partial charge in [-0.05, 0) is 81.4 Å². The van der Waals surface area contributed by atoms with E-state index in [1.165, 1.54) is 0 Å². The number of benzene rings is 5. The summed E-state index contributed by atoms with van der Waals surface area (Å²) in [6, 6.07) is 35.8. The lowest BCUT2D eigenvalue weighted by Crippen LogP contribution is -2.15. The number of esters is 4. The Morgan fingerprint density at radius 3 is 1.60 bits per heavy atom. The third kappa shape index (κ3) is 9.57. The molecular formula is C49H38O8. The maximum absolute atomic E-state index is 12.8. The monoisotopic (exact) mass is 754 g/mol. The largest absolute Gasteiger partial charge is 0.455 e. The van der Waals surface area contributed by atoms with Crippen LogP contribution in [0.2, 0.25) is 0 Å². The van der Waals surface area contributed by atoms with Crippen LogP contribution in [0.1, 0.15) is 34.6 Å². The second-order valence-electron chi connectivity index (χ2n) is 12.8. The van der Waals surface area contributed by atoms with E-state index >= 15 is 0 Å². The second-order valence-corrected chi connectivity index (χ2v) is 12.8. The lowest BCUT2D eigenvalue weighted by atomic mass is 9.81. The highest BCUT2D eigenvalue weighted by Gasteiger charge is 2.28. The molecule has 5 aromatic carbocycles. The molecule has 0 heterocycles. The molecule has 8 nitrogen and oxygen atoms in total. The first kappa shape index (κ1) is 39.1. The topological polar surface area (TPSA) is 105 Å². The normalized spacial score (nSPS) is 13.5. The highest BCUT2D eigenvalue weighted by molar-refractivity contribution is 5.86. The van der Waals surface area contributed by atoms with Gasteiger partial charge in [0.1, 0.15) is 23.4 Å². The standard InChI is InChI=1S/C49H38O8/c1-5-45(50)54-39-24-18-34(19-25-39)37-22-28-43(56-47(52)7-3)41(30-37)49(36-16-14-33(15-17-36)32-12-10-9-11-13-32)42-31-38(23-29-44(42)57-48(53)8-4)35-20-26-40(27-21-35)55-46(51)6-2/h5-26,28-31,40,49H,1-4,27H2. The molecule has 0 aromatic heterocycles. The minimum Gasteiger partial charge on any atom is -0.455 e. The van der Waals surface area contributed by atoms with Gasteiger partial charge in [-0.1, -0.05) is 117 Å². The van der Waals surface area contributed by atoms with Gasteiger partial charge in [0, 0.05) is 47.8 Å². The molecule has 0 radical (unpaired) electrons. The van der Waals surface area contributed by atoms with Crippen molar-refractivity contribution in [3.63, 3.8) is 0 Å². The minimum atomic E-state index is -0.683. The van der Waals surface area contributed by atoms with Gasteiger partial charge in [-0.25, -0.2) is 19.2 Å². The van der Waals surface area contributed by atoms with E-state index in [1.807, 2.05) is 109 Å². The molecule has 0 spiro atoms. The summed E-state index contributed by atoms with van der Waals surface area (Å²) in [5, 5.41) is 0. The molecule has 0 saturated carbocycles. The molecule has 1 aliphatic carbocycles. The number of carbonyl (C=O) groups is 4. The van der Waals surface area contributed by atoms with Gasteiger partial charge in [0.25, 0.3) is 0 Å². The molecule has 0 N–H and O–H groups in total. The number of allylic oxidation sites excluding steroid dienone is 2. The Hall–Kier alpha value is -7.58. The van der Waals surface area contributed by atoms with Gasteiger partial charge in [-0.15, -0.1) is 0 Å². The van der Waals surface area contributed by atoms with E-state index in [1.54, 1.807) is 24.3 Å². The van der Waals surface area contributed by atoms with Gasteiger partial charge >= 0.3 is 23.9 Å². The summed E-state index contributed by atoms with van der Waals surface area (Å²) in [4.78, 5) is 49.4. The summed E-state index contributed by atoms with van der Waals surface area (Å²) in [6.45, 7) is 14.1. The van der Waals surface area contributed by atoms with E-state index in [-0.39, 0.29) is 11.5 Å². The van der Waals surface area contributed by atoms with Crippen molar-refractivity contribution in [1.29, 1.82) is 0 Å². The quantitative estimate of drug-likeness (QED) is 0.0478. The number of rotatable bonds is 14. The Morgan fingerprint density at radius 2 is 1.04 bits per heavy atom. The molecule has 6 rings (SSSR count). The van der Waals surface area contributed by atoms with Crippen molar-refractivity contribution in [2.24, 2.45) is 0 Å². The smallest absolute Gasteiger partial charge is 0.335 e. The van der Waals surface area contributed by atoms with Crippen molar-refractivity contribution in [2.75, 3.05) is 0 Å². The van der Waals surface area contributed by atoms with Gasteiger partial charge in [-0.3, -0.25) is 0 Å². The molecule has 0 bridgehead atoms. The van der Waals surface area contributed by atoms with Crippen molar-refractivity contribution in [3.05, 3.63) is 206 Å². The summed E-state index contributed by atoms with van der Waals surface area (Å²) in [5.74, 6) is -2.23. The van der Waals surface area contributed by atoms with Crippen LogP contribution in [0.25, 0.3) is 27.8 Å². The first-order chi connectivity index (χ1) is 27.7. The minimum absolute atomic E-state index is 0.257. The summed E-state index contributed by atoms with van der Waals surface area (Å²) in [5.41, 5.74) is 7.17. The lowest BCUT2D eigenvalue weighted by Gasteiger charge is -2.25. The van der Waals surface area contributed by atoms with Crippen LogP contribution in [0.4, 0.5) is 0 Å². The van der Waals surface area contributed by atoms with Crippen molar-refractivity contribution in [3.8, 4) is 39.5 Å². The molecule has 282 valence electrons. The number of hydrogen-bond acceptors (Lipinski definition) is 8. The molecule has 0 aliphatic heterocycles. The molecule has 0 amide bonds. The SMILES string of the molecule is C=CC(=O)Oc1ccc(-c2ccc(OC(=O)C=C)c(C(c3ccc(-c4ccccc4)cc3)c3cc(C4=CCC(OC(=O)C=C)C=C4)ccc3OC(=O)C=C)c2)cc1. The number of ether oxygens (including phenoxy) is 4. The third-order valence-corrected chi connectivity index (χ3v) is 9.15. The van der Waals surface area contributed by atoms with Crippen LogP contribution in [0, 0.1) is 0 Å². The summed E-state index contributed by atoms with van der Waals surface area (Å²) in [7, 11) is 0. The van der Waals surface area contributed by atoms with Gasteiger partial charge in [0.2, 0.25) is 0 Å². The molecule has 8 heteroatoms. The molecule has 0 fully saturated rings. The number of carbonyl (C=O) groups excluding carboxylic acids is 4. The molecule has 57 heavy (non-hydrogen) atoms. The van der Waals surface area contributed by atoms with Crippen LogP contribution in [-0.2, 0) is 23.9 Å². The van der Waals surface area contributed by atoms with Crippen molar-refractivity contribution < 1.29 is 38.1 Å². The predicted molar refractivity (Wildman–Crippen MR) is 220 cm³/mol. The van der Waals surface area contributed by atoms with Crippen molar-refractivity contribution >= 4 is 29.5 Å². The van der Waals surface area contributed by atoms with Gasteiger partial charge in [-0.2, -0.15) is 0 Å². The highest BCUT2D eigenvalue weighted by atomic mass is 16.5. The van der Waals surface area contributed by atoms with Crippen LogP contribution < -0.4 is 14.2 Å². The van der Waals surface area contributed by atoms with E-state index in [0.717, 1.165) is 63.3 Å². The summed E-state index contributed by atoms with van der Waals surface area (Å²) < 4.78 is 22.5. The molecule has 5 aromatic rings. The zero-order valence-corrected chi connectivity index (χ0v) is 31.0. The average Bonchev–Trinajstić information content (AvgIpc) is 3.25. The fourth-order valence-corrected chi connectivity index (χ4v) is 6.39. The van der Waals surface area contributed by atoms with Crippen LogP contribution in [0.3, 0.4) is 0 Å². The zero-order valence-electron chi connectivity index (χ0n) is 31.0. The Kier molecular flexibility index (Phi) is 12.5. The Balaban J connectivity index is 1.55. The maximum Gasteiger partial charge on any atom is 0.335 e. The van der Waals surface area contributed by atoms with Crippen molar-refractivity contribution in [1.82, 2.24) is 0 Å². The Labute approximate surface area is 331 Å². The highest BCUT2D eigenvalue weighted by Crippen LogP contribution is 2.45. The van der Waals surface area contributed by atoms with Crippen LogP contribution in [0.5, 0.6) is 17.2 Å². The third-order valence-electron chi connectivity index (χ3n) is 9.15. The van der Waals surface area contributed by atoms with E-state index in [2.05, 4.69) is 26.3 Å². The van der Waals surface area contributed by atoms with Crippen LogP contribution in [-0.4, -0.2) is 30.0 Å². The first-order valence-corrected chi connectivity index (χ1v) is 18.0. The van der Waals surface area contributed by atoms with Gasteiger partial charge < -0.3 is 18.9 Å². The Bertz CT molecular complexity index is 2420. The first-order valence-electron chi connectivity index (χ1n) is 18.0. The zero-order chi connectivity index (χ0) is 40.3.